The Morgan fingerprint density at radius 3 is 2.19 bits per heavy atom. The summed E-state index contributed by atoms with van der Waals surface area (Å²) in [6.07, 6.45) is 3.14. The fourth-order valence-corrected chi connectivity index (χ4v) is 1.85. The third-order valence-electron chi connectivity index (χ3n) is 2.66. The lowest BCUT2D eigenvalue weighted by Crippen LogP contribution is -2.32. The first-order chi connectivity index (χ1) is 7.49. The van der Waals surface area contributed by atoms with Crippen molar-refractivity contribution < 1.29 is 19.1 Å². The summed E-state index contributed by atoms with van der Waals surface area (Å²) in [4.78, 5) is 22.2. The van der Waals surface area contributed by atoms with Crippen molar-refractivity contribution in [3.8, 4) is 0 Å². The molecule has 0 heterocycles. The highest BCUT2D eigenvalue weighted by Crippen LogP contribution is 2.24. The van der Waals surface area contributed by atoms with Crippen LogP contribution < -0.4 is 0 Å². The Morgan fingerprint density at radius 1 is 1.12 bits per heavy atom. The molecule has 0 spiro atoms. The first-order valence-electron chi connectivity index (χ1n) is 5.86. The summed E-state index contributed by atoms with van der Waals surface area (Å²) in [5.41, 5.74) is 0. The molecule has 0 amide bonds. The van der Waals surface area contributed by atoms with Gasteiger partial charge in [0.25, 0.3) is 0 Å². The fraction of sp³-hybridized carbons (Fsp3) is 0.833. The lowest BCUT2D eigenvalue weighted by atomic mass is 9.94. The van der Waals surface area contributed by atoms with Crippen LogP contribution in [0.1, 0.15) is 46.5 Å². The van der Waals surface area contributed by atoms with E-state index >= 15 is 0 Å². The quantitative estimate of drug-likeness (QED) is 0.694. The zero-order valence-corrected chi connectivity index (χ0v) is 10.2. The highest BCUT2D eigenvalue weighted by Gasteiger charge is 2.27. The molecule has 1 rings (SSSR count). The maximum Gasteiger partial charge on any atom is 0.308 e. The molecule has 0 aromatic heterocycles. The van der Waals surface area contributed by atoms with Crippen LogP contribution in [0, 0.1) is 5.92 Å². The van der Waals surface area contributed by atoms with Gasteiger partial charge < -0.3 is 9.47 Å². The van der Waals surface area contributed by atoms with E-state index in [1.807, 2.05) is 13.8 Å². The first-order valence-corrected chi connectivity index (χ1v) is 5.86. The second-order valence-corrected chi connectivity index (χ2v) is 4.61. The van der Waals surface area contributed by atoms with Crippen molar-refractivity contribution in [1.82, 2.24) is 0 Å². The van der Waals surface area contributed by atoms with Gasteiger partial charge in [-0.15, -0.1) is 0 Å². The zero-order chi connectivity index (χ0) is 12.1. The number of carbonyl (C=O) groups excluding carboxylic acids is 2. The summed E-state index contributed by atoms with van der Waals surface area (Å²) < 4.78 is 10.5. The van der Waals surface area contributed by atoms with Gasteiger partial charge in [0.1, 0.15) is 12.2 Å². The third kappa shape index (κ3) is 4.21. The van der Waals surface area contributed by atoms with Gasteiger partial charge in [-0.3, -0.25) is 9.59 Å². The average molecular weight is 228 g/mol. The van der Waals surface area contributed by atoms with Crippen molar-refractivity contribution in [3.63, 3.8) is 0 Å². The minimum absolute atomic E-state index is 0.0868. The van der Waals surface area contributed by atoms with Crippen molar-refractivity contribution >= 4 is 11.9 Å². The van der Waals surface area contributed by atoms with Crippen LogP contribution in [-0.4, -0.2) is 24.1 Å². The molecule has 1 fully saturated rings. The van der Waals surface area contributed by atoms with Crippen molar-refractivity contribution in [2.75, 3.05) is 0 Å². The Hall–Kier alpha value is -1.06. The lowest BCUT2D eigenvalue weighted by molar-refractivity contribution is -0.160. The number of ether oxygens (including phenoxy) is 2. The molecule has 92 valence electrons. The van der Waals surface area contributed by atoms with Gasteiger partial charge in [0.15, 0.2) is 0 Å². The molecule has 16 heavy (non-hydrogen) atoms. The van der Waals surface area contributed by atoms with E-state index in [2.05, 4.69) is 0 Å². The molecule has 0 aliphatic heterocycles. The van der Waals surface area contributed by atoms with Crippen LogP contribution >= 0.6 is 0 Å². The van der Waals surface area contributed by atoms with Gasteiger partial charge in [-0.2, -0.15) is 0 Å². The topological polar surface area (TPSA) is 52.6 Å². The number of rotatable bonds is 3. The second kappa shape index (κ2) is 5.87. The largest absolute Gasteiger partial charge is 0.462 e. The predicted molar refractivity (Wildman–Crippen MR) is 58.7 cm³/mol. The molecule has 0 aromatic carbocycles. The summed E-state index contributed by atoms with van der Waals surface area (Å²) in [6, 6.07) is 0. The molecule has 0 bridgehead atoms. The van der Waals surface area contributed by atoms with Gasteiger partial charge >= 0.3 is 11.9 Å². The van der Waals surface area contributed by atoms with E-state index in [9.17, 15) is 9.59 Å². The summed E-state index contributed by atoms with van der Waals surface area (Å²) in [6.45, 7) is 5.03. The van der Waals surface area contributed by atoms with Crippen molar-refractivity contribution in [1.29, 1.82) is 0 Å². The smallest absolute Gasteiger partial charge is 0.308 e. The maximum absolute atomic E-state index is 11.4. The molecule has 0 radical (unpaired) electrons. The van der Waals surface area contributed by atoms with Crippen LogP contribution in [0.4, 0.5) is 0 Å². The molecular weight excluding hydrogens is 208 g/mol. The molecular formula is C12H20O4. The van der Waals surface area contributed by atoms with Crippen LogP contribution in [0.3, 0.4) is 0 Å². The minimum atomic E-state index is -0.263. The lowest BCUT2D eigenvalue weighted by Gasteiger charge is -2.28. The van der Waals surface area contributed by atoms with Gasteiger partial charge in [-0.25, -0.2) is 0 Å². The molecule has 1 aliphatic rings. The van der Waals surface area contributed by atoms with Gasteiger partial charge in [0.2, 0.25) is 0 Å². The van der Waals surface area contributed by atoms with Crippen molar-refractivity contribution in [2.24, 2.45) is 5.92 Å². The Balaban J connectivity index is 2.38. The van der Waals surface area contributed by atoms with Crippen LogP contribution in [0.5, 0.6) is 0 Å². The molecule has 1 aliphatic carbocycles. The van der Waals surface area contributed by atoms with Crippen LogP contribution in [-0.2, 0) is 19.1 Å². The van der Waals surface area contributed by atoms with Gasteiger partial charge in [0, 0.05) is 13.3 Å². The predicted octanol–water partition coefficient (Wildman–Crippen LogP) is 2.06. The number of hydrogen-bond acceptors (Lipinski definition) is 4. The highest BCUT2D eigenvalue weighted by atomic mass is 16.6. The number of esters is 2. The Kier molecular flexibility index (Phi) is 4.77. The Bertz CT molecular complexity index is 260. The second-order valence-electron chi connectivity index (χ2n) is 4.61. The van der Waals surface area contributed by atoms with E-state index < -0.39 is 0 Å². The third-order valence-corrected chi connectivity index (χ3v) is 2.66. The molecule has 1 saturated carbocycles. The van der Waals surface area contributed by atoms with E-state index in [-0.39, 0.29) is 30.1 Å². The first kappa shape index (κ1) is 13.0. The van der Waals surface area contributed by atoms with E-state index in [4.69, 9.17) is 9.47 Å². The van der Waals surface area contributed by atoms with E-state index in [1.165, 1.54) is 6.92 Å². The van der Waals surface area contributed by atoms with Gasteiger partial charge in [-0.1, -0.05) is 13.8 Å². The van der Waals surface area contributed by atoms with Crippen LogP contribution in [0.15, 0.2) is 0 Å². The van der Waals surface area contributed by atoms with Gasteiger partial charge in [-0.05, 0) is 19.3 Å². The maximum atomic E-state index is 11.4. The SMILES string of the molecule is CC(=O)OC1CCCC(OC(=O)C(C)C)C1. The molecule has 4 heteroatoms. The standard InChI is InChI=1S/C12H20O4/c1-8(2)12(14)16-11-6-4-5-10(7-11)15-9(3)13/h8,10-11H,4-7H2,1-3H3. The average Bonchev–Trinajstić information content (AvgIpc) is 2.16. The van der Waals surface area contributed by atoms with Crippen molar-refractivity contribution in [3.05, 3.63) is 0 Å². The monoisotopic (exact) mass is 228 g/mol. The zero-order valence-electron chi connectivity index (χ0n) is 10.2. The molecule has 2 unspecified atom stereocenters. The van der Waals surface area contributed by atoms with E-state index in [1.54, 1.807) is 0 Å². The highest BCUT2D eigenvalue weighted by molar-refractivity contribution is 5.71. The Morgan fingerprint density at radius 2 is 1.69 bits per heavy atom. The normalized spacial score (nSPS) is 25.2. The molecule has 0 aromatic rings. The van der Waals surface area contributed by atoms with Crippen LogP contribution in [0.25, 0.3) is 0 Å². The number of hydrogen-bond donors (Lipinski definition) is 0. The fourth-order valence-electron chi connectivity index (χ4n) is 1.85. The molecule has 4 nitrogen and oxygen atoms in total. The van der Waals surface area contributed by atoms with Gasteiger partial charge in [0.05, 0.1) is 5.92 Å². The van der Waals surface area contributed by atoms with Crippen LogP contribution in [0.2, 0.25) is 0 Å². The van der Waals surface area contributed by atoms with Crippen molar-refractivity contribution in [2.45, 2.75) is 58.7 Å². The Labute approximate surface area is 96.3 Å². The summed E-state index contributed by atoms with van der Waals surface area (Å²) in [5, 5.41) is 0. The minimum Gasteiger partial charge on any atom is -0.462 e. The van der Waals surface area contributed by atoms with E-state index in [0.717, 1.165) is 19.3 Å². The number of carbonyl (C=O) groups is 2. The summed E-state index contributed by atoms with van der Waals surface area (Å²) in [7, 11) is 0. The molecule has 0 N–H and O–H groups in total. The molecule has 0 saturated heterocycles. The summed E-state index contributed by atoms with van der Waals surface area (Å²) >= 11 is 0. The summed E-state index contributed by atoms with van der Waals surface area (Å²) in [5.74, 6) is -0.539. The molecule has 2 atom stereocenters. The van der Waals surface area contributed by atoms with E-state index in [0.29, 0.717) is 6.42 Å².